The summed E-state index contributed by atoms with van der Waals surface area (Å²) in [5.74, 6) is -0.897. The van der Waals surface area contributed by atoms with Gasteiger partial charge in [-0.1, -0.05) is 235 Å². The average Bonchev–Trinajstić information content (AvgIpc) is 3.17. The summed E-state index contributed by atoms with van der Waals surface area (Å²) in [6, 6.07) is 0. The van der Waals surface area contributed by atoms with Crippen LogP contribution in [0.2, 0.25) is 0 Å². The number of rotatable bonds is 44. The van der Waals surface area contributed by atoms with Gasteiger partial charge in [0.05, 0.1) is 19.8 Å². The van der Waals surface area contributed by atoms with Crippen LogP contribution in [0.4, 0.5) is 4.79 Å². The summed E-state index contributed by atoms with van der Waals surface area (Å²) in [5.41, 5.74) is 1.37. The minimum absolute atomic E-state index is 0.455. The van der Waals surface area contributed by atoms with Gasteiger partial charge in [-0.15, -0.1) is 0 Å². The van der Waals surface area contributed by atoms with Gasteiger partial charge >= 0.3 is 6.09 Å². The van der Waals surface area contributed by atoms with Crippen LogP contribution in [0.3, 0.4) is 0 Å². The normalized spacial score (nSPS) is 12.9. The third kappa shape index (κ3) is 48.2. The van der Waals surface area contributed by atoms with Crippen molar-refractivity contribution in [2.45, 2.75) is 299 Å². The Morgan fingerprint density at radius 2 is 0.623 bits per heavy atom. The Bertz CT molecular complexity index is 891. The molecule has 0 radical (unpaired) electrons. The van der Waals surface area contributed by atoms with E-state index in [4.69, 9.17) is 19.3 Å². The van der Waals surface area contributed by atoms with Gasteiger partial charge in [-0.2, -0.15) is 0 Å². The molecule has 0 aliphatic rings. The quantitative estimate of drug-likeness (QED) is 0.0471. The molecule has 0 rings (SSSR count). The SMILES string of the molecule is CC(C)(C)CCCCCCCCCOC(CCCCCCCCCCCCC=CNC(=O)O)(OCCCCCCCCCC(C)(C)C)OCCCCCCCCCC(C)(C)C. The van der Waals surface area contributed by atoms with E-state index in [2.05, 4.69) is 67.6 Å². The fourth-order valence-electron chi connectivity index (χ4n) is 8.18. The molecular formula is C55H109NO5. The molecule has 6 nitrogen and oxygen atoms in total. The van der Waals surface area contributed by atoms with E-state index < -0.39 is 12.1 Å². The standard InChI is InChI=1S/C55H109NO5/c1-52(2,3)43-35-27-19-16-24-32-40-48-59-55(60-49-41-33-25-17-20-28-36-44-53(4,5)6,61-50-42-34-26-18-21-29-37-45-54(7,8)9)46-38-30-22-14-12-10-11-13-15-23-31-39-47-56-51(57)58/h39,47,56H,10-38,40-46,48-50H2,1-9H3,(H,57,58). The van der Waals surface area contributed by atoms with Crippen LogP contribution in [0.25, 0.3) is 0 Å². The average molecular weight is 864 g/mol. The molecule has 0 unspecified atom stereocenters. The van der Waals surface area contributed by atoms with Crippen molar-refractivity contribution in [3.8, 4) is 0 Å². The lowest BCUT2D eigenvalue weighted by Crippen LogP contribution is -2.40. The Kier molecular flexibility index (Phi) is 38.6. The minimum atomic E-state index is -0.998. The van der Waals surface area contributed by atoms with E-state index >= 15 is 0 Å². The Morgan fingerprint density at radius 3 is 0.902 bits per heavy atom. The molecule has 0 aliphatic carbocycles. The van der Waals surface area contributed by atoms with E-state index in [1.165, 1.54) is 192 Å². The molecule has 0 aromatic heterocycles. The highest BCUT2D eigenvalue weighted by molar-refractivity contribution is 5.65. The lowest BCUT2D eigenvalue weighted by molar-refractivity contribution is -0.384. The van der Waals surface area contributed by atoms with Crippen LogP contribution < -0.4 is 5.32 Å². The molecule has 0 aliphatic heterocycles. The Balaban J connectivity index is 5.02. The molecule has 0 fully saturated rings. The zero-order chi connectivity index (χ0) is 45.4. The fraction of sp³-hybridized carbons (Fsp3) is 0.945. The summed E-state index contributed by atoms with van der Waals surface area (Å²) in [5, 5.41) is 10.9. The third-order valence-corrected chi connectivity index (χ3v) is 12.1. The first kappa shape index (κ1) is 59.9. The van der Waals surface area contributed by atoms with Crippen LogP contribution in [0, 0.1) is 16.2 Å². The number of allylic oxidation sites excluding steroid dienone is 1. The first-order chi connectivity index (χ1) is 29.0. The largest absolute Gasteiger partial charge is 0.465 e. The van der Waals surface area contributed by atoms with Crippen LogP contribution in [0.15, 0.2) is 12.3 Å². The van der Waals surface area contributed by atoms with Crippen LogP contribution in [0.5, 0.6) is 0 Å². The second-order valence-electron chi connectivity index (χ2n) is 22.5. The molecule has 0 bridgehead atoms. The van der Waals surface area contributed by atoms with Crippen molar-refractivity contribution < 1.29 is 24.1 Å². The Hall–Kier alpha value is -1.11. The summed E-state index contributed by atoms with van der Waals surface area (Å²) >= 11 is 0. The molecular weight excluding hydrogens is 755 g/mol. The molecule has 0 saturated carbocycles. The Labute approximate surface area is 382 Å². The maximum Gasteiger partial charge on any atom is 0.408 e. The lowest BCUT2D eigenvalue weighted by Gasteiger charge is -2.34. The monoisotopic (exact) mass is 864 g/mol. The minimum Gasteiger partial charge on any atom is -0.465 e. The van der Waals surface area contributed by atoms with E-state index in [1.54, 1.807) is 0 Å². The molecule has 0 atom stereocenters. The van der Waals surface area contributed by atoms with Gasteiger partial charge in [0.15, 0.2) is 0 Å². The molecule has 0 heterocycles. The zero-order valence-corrected chi connectivity index (χ0v) is 42.8. The number of hydrogen-bond donors (Lipinski definition) is 2. The second-order valence-corrected chi connectivity index (χ2v) is 22.5. The van der Waals surface area contributed by atoms with E-state index in [1.807, 2.05) is 6.08 Å². The highest BCUT2D eigenvalue weighted by Gasteiger charge is 2.33. The number of carbonyl (C=O) groups is 1. The first-order valence-corrected chi connectivity index (χ1v) is 26.6. The number of amides is 1. The molecule has 364 valence electrons. The number of nitrogens with one attached hydrogen (secondary N) is 1. The number of carboxylic acid groups (broad SMARTS) is 1. The summed E-state index contributed by atoms with van der Waals surface area (Å²) < 4.78 is 20.3. The zero-order valence-electron chi connectivity index (χ0n) is 42.8. The molecule has 61 heavy (non-hydrogen) atoms. The summed E-state index contributed by atoms with van der Waals surface area (Å²) in [7, 11) is 0. The van der Waals surface area contributed by atoms with E-state index in [9.17, 15) is 4.79 Å². The number of ether oxygens (including phenoxy) is 3. The number of unbranched alkanes of at least 4 members (excludes halogenated alkanes) is 28. The predicted molar refractivity (Wildman–Crippen MR) is 265 cm³/mol. The molecule has 0 aromatic carbocycles. The van der Waals surface area contributed by atoms with Crippen molar-refractivity contribution in [3.05, 3.63) is 12.3 Å². The number of hydrogen-bond acceptors (Lipinski definition) is 4. The van der Waals surface area contributed by atoms with E-state index in [0.29, 0.717) is 16.2 Å². The predicted octanol–water partition coefficient (Wildman–Crippen LogP) is 18.7. The van der Waals surface area contributed by atoms with Crippen molar-refractivity contribution in [3.63, 3.8) is 0 Å². The Morgan fingerprint density at radius 1 is 0.377 bits per heavy atom. The van der Waals surface area contributed by atoms with Crippen LogP contribution in [-0.2, 0) is 14.2 Å². The summed E-state index contributed by atoms with van der Waals surface area (Å²) in [4.78, 5) is 10.5. The molecule has 1 amide bonds. The van der Waals surface area contributed by atoms with Gasteiger partial charge in [0.1, 0.15) is 0 Å². The maximum absolute atomic E-state index is 10.5. The van der Waals surface area contributed by atoms with Gasteiger partial charge < -0.3 is 19.3 Å². The van der Waals surface area contributed by atoms with Crippen molar-refractivity contribution >= 4 is 6.09 Å². The van der Waals surface area contributed by atoms with Gasteiger partial charge in [0.2, 0.25) is 0 Å². The summed E-state index contributed by atoms with van der Waals surface area (Å²) in [6.45, 7) is 23.4. The van der Waals surface area contributed by atoms with Crippen molar-refractivity contribution in [2.24, 2.45) is 16.2 Å². The molecule has 0 saturated heterocycles. The second kappa shape index (κ2) is 39.3. The first-order valence-electron chi connectivity index (χ1n) is 26.6. The van der Waals surface area contributed by atoms with Gasteiger partial charge in [0, 0.05) is 12.6 Å². The lowest BCUT2D eigenvalue weighted by atomic mass is 9.89. The third-order valence-electron chi connectivity index (χ3n) is 12.1. The van der Waals surface area contributed by atoms with Crippen molar-refractivity contribution in [2.75, 3.05) is 19.8 Å². The van der Waals surface area contributed by atoms with Crippen LogP contribution >= 0.6 is 0 Å². The van der Waals surface area contributed by atoms with Crippen molar-refractivity contribution in [1.82, 2.24) is 5.32 Å². The van der Waals surface area contributed by atoms with E-state index in [0.717, 1.165) is 64.8 Å². The van der Waals surface area contributed by atoms with Gasteiger partial charge in [-0.05, 0) is 74.0 Å². The van der Waals surface area contributed by atoms with Gasteiger partial charge in [-0.25, -0.2) is 4.79 Å². The van der Waals surface area contributed by atoms with E-state index in [-0.39, 0.29) is 0 Å². The smallest absolute Gasteiger partial charge is 0.408 e. The van der Waals surface area contributed by atoms with Crippen molar-refractivity contribution in [1.29, 1.82) is 0 Å². The molecule has 0 aromatic rings. The van der Waals surface area contributed by atoms with Crippen LogP contribution in [0.1, 0.15) is 293 Å². The molecule has 6 heteroatoms. The molecule has 2 N–H and O–H groups in total. The van der Waals surface area contributed by atoms with Crippen LogP contribution in [-0.4, -0.2) is 37.0 Å². The van der Waals surface area contributed by atoms with Gasteiger partial charge in [0.25, 0.3) is 5.97 Å². The highest BCUT2D eigenvalue weighted by atomic mass is 16.9. The fourth-order valence-corrected chi connectivity index (χ4v) is 8.18. The van der Waals surface area contributed by atoms with Gasteiger partial charge in [-0.3, -0.25) is 5.32 Å². The summed E-state index contributed by atoms with van der Waals surface area (Å²) in [6.07, 6.45) is 47.6. The topological polar surface area (TPSA) is 77.0 Å². The molecule has 0 spiro atoms. The highest BCUT2D eigenvalue weighted by Crippen LogP contribution is 2.28. The maximum atomic E-state index is 10.5.